The zero-order valence-electron chi connectivity index (χ0n) is 14.9. The zero-order valence-corrected chi connectivity index (χ0v) is 16.5. The first kappa shape index (κ1) is 18.9. The van der Waals surface area contributed by atoms with Crippen LogP contribution in [0, 0.1) is 6.92 Å². The highest BCUT2D eigenvalue weighted by Gasteiger charge is 2.11. The molecule has 0 aliphatic rings. The average Bonchev–Trinajstić information content (AvgIpc) is 2.68. The monoisotopic (exact) mass is 427 g/mol. The summed E-state index contributed by atoms with van der Waals surface area (Å²) in [5.41, 5.74) is 1.82. The van der Waals surface area contributed by atoms with Crippen LogP contribution in [0.5, 0.6) is 5.75 Å². The number of nitrogens with one attached hydrogen (secondary N) is 1. The minimum absolute atomic E-state index is 0.130. The number of aryl methyl sites for hydroxylation is 1. The fraction of sp³-hybridized carbons (Fsp3) is 0.143. The Morgan fingerprint density at radius 2 is 1.85 bits per heavy atom. The number of methoxy groups -OCH3 is 1. The van der Waals surface area contributed by atoms with Gasteiger partial charge >= 0.3 is 5.97 Å². The topological polar surface area (TPSA) is 64.6 Å². The first-order valence-electron chi connectivity index (χ1n) is 8.28. The fourth-order valence-corrected chi connectivity index (χ4v) is 3.31. The van der Waals surface area contributed by atoms with E-state index in [0.717, 1.165) is 20.8 Å². The highest BCUT2D eigenvalue weighted by Crippen LogP contribution is 2.33. The lowest BCUT2D eigenvalue weighted by molar-refractivity contribution is -0.118. The number of carbonyl (C=O) groups is 2. The van der Waals surface area contributed by atoms with Gasteiger partial charge in [-0.25, -0.2) is 4.79 Å². The highest BCUT2D eigenvalue weighted by molar-refractivity contribution is 9.10. The number of halogens is 1. The van der Waals surface area contributed by atoms with E-state index < -0.39 is 5.97 Å². The molecule has 5 nitrogen and oxygen atoms in total. The molecule has 0 radical (unpaired) electrons. The lowest BCUT2D eigenvalue weighted by Gasteiger charge is -2.12. The first-order chi connectivity index (χ1) is 13.0. The molecule has 27 heavy (non-hydrogen) atoms. The van der Waals surface area contributed by atoms with Crippen molar-refractivity contribution in [3.63, 3.8) is 0 Å². The van der Waals surface area contributed by atoms with Gasteiger partial charge in [-0.15, -0.1) is 0 Å². The van der Waals surface area contributed by atoms with Gasteiger partial charge in [-0.05, 0) is 63.5 Å². The molecule has 0 aliphatic carbocycles. The summed E-state index contributed by atoms with van der Waals surface area (Å²) in [6.07, 6.45) is 0. The van der Waals surface area contributed by atoms with Gasteiger partial charge in [-0.3, -0.25) is 4.79 Å². The number of benzene rings is 3. The Labute approximate surface area is 165 Å². The molecule has 1 amide bonds. The third-order valence-corrected chi connectivity index (χ3v) is 4.93. The van der Waals surface area contributed by atoms with Crippen LogP contribution in [0.3, 0.4) is 0 Å². The van der Waals surface area contributed by atoms with E-state index in [2.05, 4.69) is 21.2 Å². The molecule has 3 aromatic carbocycles. The minimum Gasteiger partial charge on any atom is -0.483 e. The van der Waals surface area contributed by atoms with Crippen LogP contribution < -0.4 is 10.1 Å². The largest absolute Gasteiger partial charge is 0.483 e. The molecule has 0 fully saturated rings. The summed E-state index contributed by atoms with van der Waals surface area (Å²) in [5, 5.41) is 4.89. The number of anilines is 1. The van der Waals surface area contributed by atoms with Crippen molar-refractivity contribution in [1.29, 1.82) is 0 Å². The fourth-order valence-electron chi connectivity index (χ4n) is 2.70. The Morgan fingerprint density at radius 3 is 2.59 bits per heavy atom. The smallest absolute Gasteiger partial charge is 0.337 e. The standard InChI is InChI=1S/C21H18BrNO4/c1-13-11-15(21(25)26-2)7-9-17(13)23-19(24)12-27-18-10-8-14-5-3-4-6-16(14)20(18)22/h3-11H,12H2,1-2H3,(H,23,24). The van der Waals surface area contributed by atoms with Crippen molar-refractivity contribution in [2.45, 2.75) is 6.92 Å². The SMILES string of the molecule is COC(=O)c1ccc(NC(=O)COc2ccc3ccccc3c2Br)c(C)c1. The Kier molecular flexibility index (Phi) is 5.76. The van der Waals surface area contributed by atoms with Crippen molar-refractivity contribution in [2.24, 2.45) is 0 Å². The Bertz CT molecular complexity index is 1020. The number of amides is 1. The summed E-state index contributed by atoms with van der Waals surface area (Å²) in [6, 6.07) is 16.6. The summed E-state index contributed by atoms with van der Waals surface area (Å²) in [5.74, 6) is -0.106. The van der Waals surface area contributed by atoms with Gasteiger partial charge in [0.25, 0.3) is 5.91 Å². The molecule has 0 bridgehead atoms. The van der Waals surface area contributed by atoms with E-state index in [-0.39, 0.29) is 12.5 Å². The lowest BCUT2D eigenvalue weighted by atomic mass is 10.1. The number of carbonyl (C=O) groups excluding carboxylic acids is 2. The molecular weight excluding hydrogens is 410 g/mol. The van der Waals surface area contributed by atoms with Crippen LogP contribution in [0.15, 0.2) is 59.1 Å². The predicted octanol–water partition coefficient (Wildman–Crippen LogP) is 4.71. The summed E-state index contributed by atoms with van der Waals surface area (Å²) in [6.45, 7) is 1.68. The number of esters is 1. The number of rotatable bonds is 5. The second-order valence-electron chi connectivity index (χ2n) is 5.96. The second kappa shape index (κ2) is 8.22. The second-order valence-corrected chi connectivity index (χ2v) is 6.75. The van der Waals surface area contributed by atoms with Crippen LogP contribution in [0.4, 0.5) is 5.69 Å². The van der Waals surface area contributed by atoms with Crippen molar-refractivity contribution in [3.05, 3.63) is 70.2 Å². The molecule has 6 heteroatoms. The van der Waals surface area contributed by atoms with Gasteiger partial charge in [0, 0.05) is 5.69 Å². The molecular formula is C21H18BrNO4. The molecule has 3 aromatic rings. The van der Waals surface area contributed by atoms with Gasteiger partial charge in [0.1, 0.15) is 5.75 Å². The maximum absolute atomic E-state index is 12.2. The van der Waals surface area contributed by atoms with Crippen molar-refractivity contribution >= 4 is 44.3 Å². The molecule has 0 saturated heterocycles. The Balaban J connectivity index is 1.67. The highest BCUT2D eigenvalue weighted by atomic mass is 79.9. The molecule has 0 heterocycles. The number of ether oxygens (including phenoxy) is 2. The third kappa shape index (κ3) is 4.28. The van der Waals surface area contributed by atoms with Gasteiger partial charge in [0.2, 0.25) is 0 Å². The van der Waals surface area contributed by atoms with E-state index in [9.17, 15) is 9.59 Å². The average molecular weight is 428 g/mol. The quantitative estimate of drug-likeness (QED) is 0.598. The maximum atomic E-state index is 12.2. The first-order valence-corrected chi connectivity index (χ1v) is 9.08. The van der Waals surface area contributed by atoms with Gasteiger partial charge in [0.15, 0.2) is 6.61 Å². The molecule has 138 valence electrons. The summed E-state index contributed by atoms with van der Waals surface area (Å²) >= 11 is 3.54. The van der Waals surface area contributed by atoms with Crippen molar-refractivity contribution in [1.82, 2.24) is 0 Å². The van der Waals surface area contributed by atoms with Crippen LogP contribution in [0.1, 0.15) is 15.9 Å². The number of fused-ring (bicyclic) bond motifs is 1. The van der Waals surface area contributed by atoms with Gasteiger partial charge < -0.3 is 14.8 Å². The van der Waals surface area contributed by atoms with Crippen LogP contribution in [-0.2, 0) is 9.53 Å². The number of hydrogen-bond donors (Lipinski definition) is 1. The van der Waals surface area contributed by atoms with Crippen LogP contribution in [0.2, 0.25) is 0 Å². The van der Waals surface area contributed by atoms with E-state index >= 15 is 0 Å². The van der Waals surface area contributed by atoms with E-state index in [1.54, 1.807) is 18.2 Å². The normalized spacial score (nSPS) is 10.5. The molecule has 3 rings (SSSR count). The maximum Gasteiger partial charge on any atom is 0.337 e. The van der Waals surface area contributed by atoms with Crippen molar-refractivity contribution in [2.75, 3.05) is 19.0 Å². The molecule has 0 aliphatic heterocycles. The Morgan fingerprint density at radius 1 is 1.07 bits per heavy atom. The van der Waals surface area contributed by atoms with E-state index in [4.69, 9.17) is 9.47 Å². The van der Waals surface area contributed by atoms with E-state index in [1.165, 1.54) is 7.11 Å². The zero-order chi connectivity index (χ0) is 19.4. The van der Waals surface area contributed by atoms with Crippen molar-refractivity contribution < 1.29 is 19.1 Å². The summed E-state index contributed by atoms with van der Waals surface area (Å²) < 4.78 is 11.2. The van der Waals surface area contributed by atoms with Crippen LogP contribution in [-0.4, -0.2) is 25.6 Å². The minimum atomic E-state index is -0.416. The Hall–Kier alpha value is -2.86. The molecule has 0 aromatic heterocycles. The third-order valence-electron chi connectivity index (χ3n) is 4.11. The van der Waals surface area contributed by atoms with Gasteiger partial charge in [-0.1, -0.05) is 30.3 Å². The molecule has 0 saturated carbocycles. The lowest BCUT2D eigenvalue weighted by Crippen LogP contribution is -2.21. The van der Waals surface area contributed by atoms with Crippen molar-refractivity contribution in [3.8, 4) is 5.75 Å². The molecule has 0 spiro atoms. The van der Waals surface area contributed by atoms with Crippen LogP contribution in [0.25, 0.3) is 10.8 Å². The van der Waals surface area contributed by atoms with Gasteiger partial charge in [-0.2, -0.15) is 0 Å². The predicted molar refractivity (Wildman–Crippen MR) is 108 cm³/mol. The van der Waals surface area contributed by atoms with Crippen LogP contribution >= 0.6 is 15.9 Å². The summed E-state index contributed by atoms with van der Waals surface area (Å²) in [4.78, 5) is 23.8. The number of hydrogen-bond acceptors (Lipinski definition) is 4. The summed E-state index contributed by atoms with van der Waals surface area (Å²) in [7, 11) is 1.33. The molecule has 0 unspecified atom stereocenters. The van der Waals surface area contributed by atoms with E-state index in [1.807, 2.05) is 43.3 Å². The van der Waals surface area contributed by atoms with E-state index in [0.29, 0.717) is 17.0 Å². The van der Waals surface area contributed by atoms with Gasteiger partial charge in [0.05, 0.1) is 17.1 Å². The molecule has 1 N–H and O–H groups in total. The molecule has 0 atom stereocenters.